The first-order valence-corrected chi connectivity index (χ1v) is 6.60. The van der Waals surface area contributed by atoms with Crippen LogP contribution in [0.2, 0.25) is 0 Å². The second kappa shape index (κ2) is 8.91. The fourth-order valence-corrected chi connectivity index (χ4v) is 1.59. The summed E-state index contributed by atoms with van der Waals surface area (Å²) < 4.78 is 0. The maximum absolute atomic E-state index is 12.0. The first-order valence-electron chi connectivity index (χ1n) is 6.60. The molecule has 1 aromatic rings. The SMILES string of the molecule is N#C/C(=C/N(C=O)CCCN)C(=O)Nc1ccc([N+](=O)[O-])cc1. The Kier molecular flexibility index (Phi) is 6.90. The number of non-ortho nitro benzene ring substituents is 1. The van der Waals surface area contributed by atoms with E-state index < -0.39 is 10.8 Å². The molecule has 3 N–H and O–H groups in total. The van der Waals surface area contributed by atoms with Gasteiger partial charge in [0.15, 0.2) is 0 Å². The molecule has 0 atom stereocenters. The summed E-state index contributed by atoms with van der Waals surface area (Å²) in [5.74, 6) is -0.721. The molecule has 0 radical (unpaired) electrons. The van der Waals surface area contributed by atoms with Crippen LogP contribution in [0.4, 0.5) is 11.4 Å². The second-order valence-corrected chi connectivity index (χ2v) is 4.40. The number of nitro benzene ring substituents is 1. The summed E-state index contributed by atoms with van der Waals surface area (Å²) in [5, 5.41) is 22.0. The highest BCUT2D eigenvalue weighted by molar-refractivity contribution is 6.06. The fourth-order valence-electron chi connectivity index (χ4n) is 1.59. The van der Waals surface area contributed by atoms with E-state index in [-0.39, 0.29) is 17.8 Å². The Balaban J connectivity index is 2.82. The van der Waals surface area contributed by atoms with Crippen molar-refractivity contribution in [1.29, 1.82) is 5.26 Å². The monoisotopic (exact) mass is 317 g/mol. The summed E-state index contributed by atoms with van der Waals surface area (Å²) in [6.07, 6.45) is 2.15. The number of rotatable bonds is 8. The largest absolute Gasteiger partial charge is 0.330 e. The Labute approximate surface area is 132 Å². The maximum atomic E-state index is 12.0. The Bertz CT molecular complexity index is 648. The van der Waals surface area contributed by atoms with Crippen LogP contribution in [0.25, 0.3) is 0 Å². The lowest BCUT2D eigenvalue weighted by Crippen LogP contribution is -2.22. The molecule has 23 heavy (non-hydrogen) atoms. The van der Waals surface area contributed by atoms with E-state index in [9.17, 15) is 19.7 Å². The van der Waals surface area contributed by atoms with Gasteiger partial charge in [0.25, 0.3) is 11.6 Å². The zero-order valence-corrected chi connectivity index (χ0v) is 12.1. The van der Waals surface area contributed by atoms with Crippen molar-refractivity contribution in [3.63, 3.8) is 0 Å². The molecular weight excluding hydrogens is 302 g/mol. The zero-order chi connectivity index (χ0) is 17.2. The molecule has 9 nitrogen and oxygen atoms in total. The van der Waals surface area contributed by atoms with Crippen molar-refractivity contribution in [3.05, 3.63) is 46.2 Å². The van der Waals surface area contributed by atoms with E-state index in [0.29, 0.717) is 25.1 Å². The number of benzene rings is 1. The van der Waals surface area contributed by atoms with E-state index in [1.165, 1.54) is 24.3 Å². The van der Waals surface area contributed by atoms with Crippen molar-refractivity contribution < 1.29 is 14.5 Å². The lowest BCUT2D eigenvalue weighted by atomic mass is 10.2. The Morgan fingerprint density at radius 1 is 1.43 bits per heavy atom. The van der Waals surface area contributed by atoms with E-state index in [1.54, 1.807) is 6.07 Å². The van der Waals surface area contributed by atoms with Gasteiger partial charge in [-0.2, -0.15) is 5.26 Å². The normalized spacial score (nSPS) is 10.5. The van der Waals surface area contributed by atoms with Crippen molar-refractivity contribution >= 4 is 23.7 Å². The predicted molar refractivity (Wildman–Crippen MR) is 81.9 cm³/mol. The number of carbonyl (C=O) groups excluding carboxylic acids is 2. The molecule has 2 amide bonds. The maximum Gasteiger partial charge on any atom is 0.269 e. The highest BCUT2D eigenvalue weighted by Gasteiger charge is 2.12. The Hall–Kier alpha value is -3.25. The predicted octanol–water partition coefficient (Wildman–Crippen LogP) is 0.748. The van der Waals surface area contributed by atoms with Gasteiger partial charge in [-0.05, 0) is 25.1 Å². The van der Waals surface area contributed by atoms with Crippen molar-refractivity contribution in [2.24, 2.45) is 5.73 Å². The van der Waals surface area contributed by atoms with Crippen molar-refractivity contribution in [3.8, 4) is 6.07 Å². The van der Waals surface area contributed by atoms with E-state index >= 15 is 0 Å². The van der Waals surface area contributed by atoms with E-state index in [2.05, 4.69) is 5.32 Å². The number of nitrogens with zero attached hydrogens (tertiary/aromatic N) is 3. The number of hydrogen-bond acceptors (Lipinski definition) is 6. The van der Waals surface area contributed by atoms with Gasteiger partial charge in [0.05, 0.1) is 4.92 Å². The molecule has 0 spiro atoms. The van der Waals surface area contributed by atoms with Crippen LogP contribution in [0.3, 0.4) is 0 Å². The van der Waals surface area contributed by atoms with Gasteiger partial charge in [-0.1, -0.05) is 0 Å². The minimum absolute atomic E-state index is 0.118. The number of nitriles is 1. The minimum Gasteiger partial charge on any atom is -0.330 e. The molecule has 0 saturated carbocycles. The number of nitrogens with one attached hydrogen (secondary N) is 1. The first-order chi connectivity index (χ1) is 11.0. The molecule has 9 heteroatoms. The van der Waals surface area contributed by atoms with Gasteiger partial charge >= 0.3 is 0 Å². The van der Waals surface area contributed by atoms with Gasteiger partial charge < -0.3 is 16.0 Å². The third-order valence-electron chi connectivity index (χ3n) is 2.75. The molecule has 0 saturated heterocycles. The van der Waals surface area contributed by atoms with Gasteiger partial charge in [-0.15, -0.1) is 0 Å². The Morgan fingerprint density at radius 2 is 2.09 bits per heavy atom. The first kappa shape index (κ1) is 17.8. The fraction of sp³-hybridized carbons (Fsp3) is 0.214. The molecule has 0 fully saturated rings. The van der Waals surface area contributed by atoms with E-state index in [4.69, 9.17) is 11.0 Å². The summed E-state index contributed by atoms with van der Waals surface area (Å²) in [4.78, 5) is 34.0. The zero-order valence-electron chi connectivity index (χ0n) is 12.1. The van der Waals surface area contributed by atoms with Crippen molar-refractivity contribution in [2.45, 2.75) is 6.42 Å². The lowest BCUT2D eigenvalue weighted by molar-refractivity contribution is -0.384. The van der Waals surface area contributed by atoms with Crippen molar-refractivity contribution in [2.75, 3.05) is 18.4 Å². The number of hydrogen-bond donors (Lipinski definition) is 2. The third-order valence-corrected chi connectivity index (χ3v) is 2.75. The summed E-state index contributed by atoms with van der Waals surface area (Å²) in [7, 11) is 0. The van der Waals surface area contributed by atoms with E-state index in [0.717, 1.165) is 11.1 Å². The van der Waals surface area contributed by atoms with Gasteiger partial charge in [-0.3, -0.25) is 19.7 Å². The van der Waals surface area contributed by atoms with Crippen LogP contribution in [-0.2, 0) is 9.59 Å². The summed E-state index contributed by atoms with van der Waals surface area (Å²) in [6.45, 7) is 0.658. The highest BCUT2D eigenvalue weighted by atomic mass is 16.6. The van der Waals surface area contributed by atoms with Gasteiger partial charge in [0, 0.05) is 30.6 Å². The molecule has 120 valence electrons. The quantitative estimate of drug-likeness (QED) is 0.238. The highest BCUT2D eigenvalue weighted by Crippen LogP contribution is 2.16. The van der Waals surface area contributed by atoms with Crippen LogP contribution in [0, 0.1) is 21.4 Å². The molecule has 0 bridgehead atoms. The lowest BCUT2D eigenvalue weighted by Gasteiger charge is -2.12. The van der Waals surface area contributed by atoms with Crippen molar-refractivity contribution in [1.82, 2.24) is 4.90 Å². The smallest absolute Gasteiger partial charge is 0.269 e. The molecule has 1 rings (SSSR count). The number of amides is 2. The van der Waals surface area contributed by atoms with Gasteiger partial charge in [0.1, 0.15) is 11.6 Å². The topological polar surface area (TPSA) is 142 Å². The molecule has 1 aromatic carbocycles. The number of carbonyl (C=O) groups is 2. The third kappa shape index (κ3) is 5.56. The van der Waals surface area contributed by atoms with Crippen LogP contribution in [-0.4, -0.2) is 35.2 Å². The van der Waals surface area contributed by atoms with E-state index in [1.807, 2.05) is 0 Å². The molecule has 0 aliphatic rings. The van der Waals surface area contributed by atoms with Crippen LogP contribution in [0.5, 0.6) is 0 Å². The van der Waals surface area contributed by atoms with Gasteiger partial charge in [0.2, 0.25) is 6.41 Å². The average molecular weight is 317 g/mol. The molecule has 0 heterocycles. The van der Waals surface area contributed by atoms with Crippen LogP contribution in [0.15, 0.2) is 36.0 Å². The van der Waals surface area contributed by atoms with Crippen LogP contribution >= 0.6 is 0 Å². The van der Waals surface area contributed by atoms with Gasteiger partial charge in [-0.25, -0.2) is 0 Å². The van der Waals surface area contributed by atoms with Crippen LogP contribution in [0.1, 0.15) is 6.42 Å². The number of nitro groups is 1. The summed E-state index contributed by atoms with van der Waals surface area (Å²) in [5.41, 5.74) is 5.24. The molecule has 0 aromatic heterocycles. The summed E-state index contributed by atoms with van der Waals surface area (Å²) in [6, 6.07) is 6.84. The number of anilines is 1. The average Bonchev–Trinajstić information content (AvgIpc) is 2.55. The Morgan fingerprint density at radius 3 is 2.57 bits per heavy atom. The summed E-state index contributed by atoms with van der Waals surface area (Å²) >= 11 is 0. The standard InChI is InChI=1S/C14H15N5O4/c15-6-1-7-18(10-20)9-11(8-16)14(21)17-12-2-4-13(5-3-12)19(22)23/h2-5,9-10H,1,6-7,15H2,(H,17,21)/b11-9-. The minimum atomic E-state index is -0.721. The molecule has 0 unspecified atom stereocenters. The van der Waals surface area contributed by atoms with Crippen LogP contribution < -0.4 is 11.1 Å². The molecule has 0 aliphatic heterocycles. The molecule has 0 aliphatic carbocycles. The second-order valence-electron chi connectivity index (χ2n) is 4.40. The molecular formula is C14H15N5O4. The number of nitrogens with two attached hydrogens (primary N) is 1.